The monoisotopic (exact) mass is 262 g/mol. The van der Waals surface area contributed by atoms with Gasteiger partial charge in [-0.25, -0.2) is 0 Å². The molecule has 0 aliphatic carbocycles. The highest BCUT2D eigenvalue weighted by atomic mass is 19.2. The van der Waals surface area contributed by atoms with Crippen LogP contribution in [0.25, 0.3) is 0 Å². The molecule has 2 rings (SSSR count). The van der Waals surface area contributed by atoms with E-state index in [0.717, 1.165) is 12.8 Å². The summed E-state index contributed by atoms with van der Waals surface area (Å²) in [4.78, 5) is 4.00. The van der Waals surface area contributed by atoms with Crippen LogP contribution < -0.4 is 4.90 Å². The van der Waals surface area contributed by atoms with Gasteiger partial charge in [0.2, 0.25) is 11.6 Å². The van der Waals surface area contributed by atoms with Crippen LogP contribution in [0.1, 0.15) is 33.1 Å². The number of halogens is 4. The summed E-state index contributed by atoms with van der Waals surface area (Å²) in [6.07, 6.45) is 2.15. The van der Waals surface area contributed by atoms with Crippen molar-refractivity contribution in [3.8, 4) is 0 Å². The van der Waals surface area contributed by atoms with Gasteiger partial charge >= 0.3 is 0 Å². The third kappa shape index (κ3) is 1.93. The van der Waals surface area contributed by atoms with Crippen molar-refractivity contribution in [2.45, 2.75) is 45.2 Å². The van der Waals surface area contributed by atoms with E-state index in [0.29, 0.717) is 6.42 Å². The molecule has 1 fully saturated rings. The van der Waals surface area contributed by atoms with Gasteiger partial charge in [-0.15, -0.1) is 0 Å². The van der Waals surface area contributed by atoms with Crippen molar-refractivity contribution in [2.75, 3.05) is 4.90 Å². The maximum Gasteiger partial charge on any atom is 0.253 e. The van der Waals surface area contributed by atoms with Crippen LogP contribution in [-0.4, -0.2) is 17.1 Å². The molecule has 6 heteroatoms. The third-order valence-electron chi connectivity index (χ3n) is 3.49. The first kappa shape index (κ1) is 13.1. The van der Waals surface area contributed by atoms with Crippen molar-refractivity contribution in [2.24, 2.45) is 0 Å². The summed E-state index contributed by atoms with van der Waals surface area (Å²) < 4.78 is 53.6. The Labute approximate surface area is 103 Å². The van der Waals surface area contributed by atoms with E-state index in [1.807, 2.05) is 6.92 Å². The third-order valence-corrected chi connectivity index (χ3v) is 3.49. The fourth-order valence-corrected chi connectivity index (χ4v) is 2.58. The Balaban J connectivity index is 2.56. The van der Waals surface area contributed by atoms with Gasteiger partial charge in [-0.05, 0) is 26.2 Å². The summed E-state index contributed by atoms with van der Waals surface area (Å²) in [5.74, 6) is -6.03. The molecular formula is C12H14F4N2. The molecule has 1 saturated heterocycles. The number of pyridine rings is 1. The van der Waals surface area contributed by atoms with Gasteiger partial charge in [-0.3, -0.25) is 0 Å². The number of nitrogens with zero attached hydrogens (tertiary/aromatic N) is 2. The minimum atomic E-state index is -1.60. The van der Waals surface area contributed by atoms with Gasteiger partial charge in [-0.2, -0.15) is 22.5 Å². The van der Waals surface area contributed by atoms with Crippen LogP contribution in [-0.2, 0) is 0 Å². The van der Waals surface area contributed by atoms with E-state index in [-0.39, 0.29) is 12.1 Å². The van der Waals surface area contributed by atoms with Gasteiger partial charge in [0.25, 0.3) is 11.9 Å². The first-order chi connectivity index (χ1) is 8.47. The van der Waals surface area contributed by atoms with Crippen molar-refractivity contribution < 1.29 is 17.6 Å². The zero-order valence-corrected chi connectivity index (χ0v) is 10.2. The molecule has 0 bridgehead atoms. The maximum absolute atomic E-state index is 13.7. The summed E-state index contributed by atoms with van der Waals surface area (Å²) in [5.41, 5.74) is -0.628. The number of aromatic nitrogens is 1. The lowest BCUT2D eigenvalue weighted by molar-refractivity contribution is 0.402. The lowest BCUT2D eigenvalue weighted by Gasteiger charge is -2.30. The first-order valence-electron chi connectivity index (χ1n) is 5.95. The second kappa shape index (κ2) is 4.74. The molecule has 0 N–H and O–H groups in total. The summed E-state index contributed by atoms with van der Waals surface area (Å²) in [5, 5.41) is 0. The molecule has 2 heterocycles. The number of hydrogen-bond acceptors (Lipinski definition) is 2. The van der Waals surface area contributed by atoms with Crippen molar-refractivity contribution in [3.63, 3.8) is 0 Å². The molecule has 2 nitrogen and oxygen atoms in total. The molecule has 100 valence electrons. The Morgan fingerprint density at radius 3 is 2.17 bits per heavy atom. The zero-order valence-electron chi connectivity index (χ0n) is 10.2. The van der Waals surface area contributed by atoms with Gasteiger partial charge in [-0.1, -0.05) is 6.92 Å². The molecule has 18 heavy (non-hydrogen) atoms. The van der Waals surface area contributed by atoms with Crippen LogP contribution in [0.15, 0.2) is 0 Å². The van der Waals surface area contributed by atoms with Gasteiger partial charge < -0.3 is 4.90 Å². The Kier molecular flexibility index (Phi) is 3.45. The minimum absolute atomic E-state index is 0.106. The van der Waals surface area contributed by atoms with Crippen LogP contribution in [0.3, 0.4) is 0 Å². The van der Waals surface area contributed by atoms with Gasteiger partial charge in [0, 0.05) is 12.1 Å². The molecule has 0 aromatic carbocycles. The molecule has 2 atom stereocenters. The van der Waals surface area contributed by atoms with E-state index in [9.17, 15) is 17.6 Å². The molecule has 0 radical (unpaired) electrons. The number of hydrogen-bond donors (Lipinski definition) is 0. The lowest BCUT2D eigenvalue weighted by Crippen LogP contribution is -2.36. The second-order valence-corrected chi connectivity index (χ2v) is 4.57. The van der Waals surface area contributed by atoms with E-state index in [2.05, 4.69) is 4.98 Å². The van der Waals surface area contributed by atoms with Crippen LogP contribution in [0.2, 0.25) is 0 Å². The highest BCUT2D eigenvalue weighted by molar-refractivity contribution is 5.51. The number of anilines is 1. The summed E-state index contributed by atoms with van der Waals surface area (Å²) >= 11 is 0. The average Bonchev–Trinajstić information content (AvgIpc) is 2.69. The fourth-order valence-electron chi connectivity index (χ4n) is 2.58. The SMILES string of the molecule is CCC1CCC(C)N1c1c(F)c(F)nc(F)c1F. The Morgan fingerprint density at radius 2 is 1.67 bits per heavy atom. The number of rotatable bonds is 2. The smallest absolute Gasteiger partial charge is 0.253 e. The summed E-state index contributed by atoms with van der Waals surface area (Å²) in [7, 11) is 0. The van der Waals surface area contributed by atoms with E-state index < -0.39 is 29.2 Å². The normalized spacial score (nSPS) is 23.8. The lowest BCUT2D eigenvalue weighted by atomic mass is 10.1. The zero-order chi connectivity index (χ0) is 13.4. The molecule has 2 unspecified atom stereocenters. The molecule has 0 saturated carbocycles. The predicted octanol–water partition coefficient (Wildman–Crippen LogP) is 3.41. The highest BCUT2D eigenvalue weighted by Crippen LogP contribution is 2.36. The molecule has 1 aliphatic rings. The van der Waals surface area contributed by atoms with Crippen molar-refractivity contribution in [3.05, 3.63) is 23.5 Å². The van der Waals surface area contributed by atoms with Crippen LogP contribution in [0, 0.1) is 23.5 Å². The molecule has 1 aliphatic heterocycles. The first-order valence-corrected chi connectivity index (χ1v) is 5.95. The largest absolute Gasteiger partial charge is 0.361 e. The fraction of sp³-hybridized carbons (Fsp3) is 0.583. The second-order valence-electron chi connectivity index (χ2n) is 4.57. The summed E-state index contributed by atoms with van der Waals surface area (Å²) in [6, 6.07) is -0.259. The van der Waals surface area contributed by atoms with E-state index in [1.54, 1.807) is 6.92 Å². The minimum Gasteiger partial charge on any atom is -0.361 e. The molecule has 1 aromatic rings. The van der Waals surface area contributed by atoms with Gasteiger partial charge in [0.05, 0.1) is 0 Å². The average molecular weight is 262 g/mol. The molecular weight excluding hydrogens is 248 g/mol. The van der Waals surface area contributed by atoms with E-state index in [4.69, 9.17) is 0 Å². The van der Waals surface area contributed by atoms with E-state index in [1.165, 1.54) is 4.90 Å². The van der Waals surface area contributed by atoms with Crippen molar-refractivity contribution >= 4 is 5.69 Å². The van der Waals surface area contributed by atoms with Crippen LogP contribution in [0.5, 0.6) is 0 Å². The van der Waals surface area contributed by atoms with Crippen LogP contribution >= 0.6 is 0 Å². The molecule has 1 aromatic heterocycles. The standard InChI is InChI=1S/C12H14F4N2/c1-3-7-5-4-6(2)18(7)10-8(13)11(15)17-12(16)9(10)14/h6-7H,3-5H2,1-2H3. The van der Waals surface area contributed by atoms with Crippen molar-refractivity contribution in [1.82, 2.24) is 4.98 Å². The van der Waals surface area contributed by atoms with Crippen molar-refractivity contribution in [1.29, 1.82) is 0 Å². The quantitative estimate of drug-likeness (QED) is 0.600. The van der Waals surface area contributed by atoms with E-state index >= 15 is 0 Å². The maximum atomic E-state index is 13.7. The Hall–Kier alpha value is -1.33. The topological polar surface area (TPSA) is 16.1 Å². The predicted molar refractivity (Wildman–Crippen MR) is 59.3 cm³/mol. The highest BCUT2D eigenvalue weighted by Gasteiger charge is 2.35. The summed E-state index contributed by atoms with van der Waals surface area (Å²) in [6.45, 7) is 3.66. The molecule has 0 spiro atoms. The molecule has 0 amide bonds. The Morgan fingerprint density at radius 1 is 1.11 bits per heavy atom. The van der Waals surface area contributed by atoms with Gasteiger partial charge in [0.15, 0.2) is 0 Å². The Bertz CT molecular complexity index is 438. The van der Waals surface area contributed by atoms with Crippen LogP contribution in [0.4, 0.5) is 23.2 Å². The van der Waals surface area contributed by atoms with Gasteiger partial charge in [0.1, 0.15) is 5.69 Å².